The van der Waals surface area contributed by atoms with Gasteiger partial charge in [0.25, 0.3) is 0 Å². The molecule has 0 aliphatic heterocycles. The van der Waals surface area contributed by atoms with E-state index in [9.17, 15) is 17.7 Å². The summed E-state index contributed by atoms with van der Waals surface area (Å²) in [6.07, 6.45) is -4.21. The molecule has 0 bridgehead atoms. The van der Waals surface area contributed by atoms with Gasteiger partial charge in [-0.25, -0.2) is 0 Å². The van der Waals surface area contributed by atoms with Crippen LogP contribution in [0.2, 0.25) is 0 Å². The van der Waals surface area contributed by atoms with Crippen LogP contribution in [-0.4, -0.2) is 19.4 Å². The molecule has 0 spiro atoms. The van der Waals surface area contributed by atoms with Crippen LogP contribution >= 0.6 is 7.60 Å². The maximum atomic E-state index is 12.5. The molecule has 0 aliphatic carbocycles. The first-order valence-corrected chi connectivity index (χ1v) is 8.50. The first-order chi connectivity index (χ1) is 9.72. The van der Waals surface area contributed by atoms with E-state index in [1.54, 1.807) is 20.8 Å². The second-order valence-electron chi connectivity index (χ2n) is 4.65. The van der Waals surface area contributed by atoms with Gasteiger partial charge >= 0.3 is 13.8 Å². The Labute approximate surface area is 123 Å². The van der Waals surface area contributed by atoms with E-state index >= 15 is 0 Å². The van der Waals surface area contributed by atoms with Crippen molar-refractivity contribution in [3.63, 3.8) is 0 Å². The summed E-state index contributed by atoms with van der Waals surface area (Å²) in [7, 11) is -3.21. The minimum absolute atomic E-state index is 0.139. The molecule has 0 saturated carbocycles. The lowest BCUT2D eigenvalue weighted by Gasteiger charge is -2.21. The lowest BCUT2D eigenvalue weighted by atomic mass is 10.0. The van der Waals surface area contributed by atoms with Gasteiger partial charge in [0.2, 0.25) is 0 Å². The Balaban J connectivity index is 2.83. The summed E-state index contributed by atoms with van der Waals surface area (Å²) in [6, 6.07) is 4.85. The molecule has 0 heterocycles. The lowest BCUT2D eigenvalue weighted by molar-refractivity contribution is -0.137. The van der Waals surface area contributed by atoms with Crippen molar-refractivity contribution in [3.05, 3.63) is 35.4 Å². The monoisotopic (exact) mass is 324 g/mol. The average Bonchev–Trinajstić information content (AvgIpc) is 2.38. The Hall–Kier alpha value is -0.840. The van der Waals surface area contributed by atoms with Crippen molar-refractivity contribution in [1.29, 1.82) is 0 Å². The summed E-state index contributed by atoms with van der Waals surface area (Å²) < 4.78 is 60.3. The molecule has 1 unspecified atom stereocenters. The van der Waals surface area contributed by atoms with Crippen LogP contribution < -0.4 is 0 Å². The van der Waals surface area contributed by atoms with Crippen molar-refractivity contribution in [3.8, 4) is 0 Å². The van der Waals surface area contributed by atoms with E-state index in [1.165, 1.54) is 12.1 Å². The molecule has 1 rings (SSSR count). The Bertz CT molecular complexity index is 475. The van der Waals surface area contributed by atoms with Crippen molar-refractivity contribution in [1.82, 2.24) is 0 Å². The fraction of sp³-hybridized carbons (Fsp3) is 0.571. The van der Waals surface area contributed by atoms with Crippen molar-refractivity contribution >= 4 is 7.60 Å². The average molecular weight is 324 g/mol. The Morgan fingerprint density at radius 1 is 1.10 bits per heavy atom. The molecule has 0 fully saturated rings. The van der Waals surface area contributed by atoms with Gasteiger partial charge in [0.1, 0.15) is 0 Å². The molecule has 21 heavy (non-hydrogen) atoms. The van der Waals surface area contributed by atoms with E-state index in [2.05, 4.69) is 0 Å². The van der Waals surface area contributed by atoms with Gasteiger partial charge in [-0.05, 0) is 37.5 Å². The van der Waals surface area contributed by atoms with Crippen molar-refractivity contribution in [2.24, 2.45) is 0 Å². The quantitative estimate of drug-likeness (QED) is 0.657. The number of halogens is 3. The predicted octanol–water partition coefficient (Wildman–Crippen LogP) is 5.08. The SMILES string of the molecule is CCOP(=O)(CC(C)c1ccc(C(F)(F)F)cc1)OCC. The second-order valence-corrected chi connectivity index (χ2v) is 6.75. The zero-order chi connectivity index (χ0) is 16.1. The summed E-state index contributed by atoms with van der Waals surface area (Å²) >= 11 is 0. The fourth-order valence-electron chi connectivity index (χ4n) is 1.98. The van der Waals surface area contributed by atoms with Gasteiger partial charge in [-0.1, -0.05) is 19.1 Å². The smallest absolute Gasteiger partial charge is 0.309 e. The third-order valence-corrected chi connectivity index (χ3v) is 5.25. The highest BCUT2D eigenvalue weighted by Crippen LogP contribution is 2.51. The molecular formula is C14H20F3O3P. The number of hydrogen-bond donors (Lipinski definition) is 0. The molecule has 0 amide bonds. The molecule has 0 aliphatic rings. The predicted molar refractivity (Wildman–Crippen MR) is 75.6 cm³/mol. The largest absolute Gasteiger partial charge is 0.416 e. The Kier molecular flexibility index (Phi) is 6.44. The van der Waals surface area contributed by atoms with E-state index in [0.717, 1.165) is 12.1 Å². The van der Waals surface area contributed by atoms with Gasteiger partial charge < -0.3 is 9.05 Å². The van der Waals surface area contributed by atoms with Crippen molar-refractivity contribution in [2.75, 3.05) is 19.4 Å². The summed E-state index contributed by atoms with van der Waals surface area (Å²) in [6.45, 7) is 5.74. The van der Waals surface area contributed by atoms with Crippen LogP contribution in [0, 0.1) is 0 Å². The summed E-state index contributed by atoms with van der Waals surface area (Å²) in [5.41, 5.74) is -0.0288. The highest BCUT2D eigenvalue weighted by atomic mass is 31.2. The van der Waals surface area contributed by atoms with Crippen LogP contribution in [0.3, 0.4) is 0 Å². The summed E-state index contributed by atoms with van der Waals surface area (Å²) in [5.74, 6) is -0.226. The molecule has 3 nitrogen and oxygen atoms in total. The van der Waals surface area contributed by atoms with Gasteiger partial charge in [0, 0.05) is 0 Å². The maximum absolute atomic E-state index is 12.5. The first-order valence-electron chi connectivity index (χ1n) is 6.77. The molecule has 0 N–H and O–H groups in total. The van der Waals surface area contributed by atoms with E-state index < -0.39 is 19.3 Å². The van der Waals surface area contributed by atoms with E-state index in [0.29, 0.717) is 5.56 Å². The fourth-order valence-corrected chi connectivity index (χ4v) is 3.93. The highest BCUT2D eigenvalue weighted by molar-refractivity contribution is 7.53. The molecule has 0 radical (unpaired) electrons. The Morgan fingerprint density at radius 3 is 1.95 bits per heavy atom. The standard InChI is InChI=1S/C14H20F3O3P/c1-4-19-21(18,20-5-2)10-11(3)12-6-8-13(9-7-12)14(15,16)17/h6-9,11H,4-5,10H2,1-3H3. The highest BCUT2D eigenvalue weighted by Gasteiger charge is 2.31. The molecule has 1 aromatic carbocycles. The third kappa shape index (κ3) is 5.46. The molecule has 1 aromatic rings. The number of alkyl halides is 3. The van der Waals surface area contributed by atoms with Crippen LogP contribution in [0.4, 0.5) is 13.2 Å². The minimum Gasteiger partial charge on any atom is -0.309 e. The van der Waals surface area contributed by atoms with Crippen LogP contribution in [-0.2, 0) is 19.8 Å². The third-order valence-electron chi connectivity index (χ3n) is 2.96. The first kappa shape index (κ1) is 18.2. The topological polar surface area (TPSA) is 35.5 Å². The molecule has 120 valence electrons. The van der Waals surface area contributed by atoms with Crippen LogP contribution in [0.25, 0.3) is 0 Å². The maximum Gasteiger partial charge on any atom is 0.416 e. The van der Waals surface area contributed by atoms with Crippen molar-refractivity contribution in [2.45, 2.75) is 32.9 Å². The van der Waals surface area contributed by atoms with Crippen LogP contribution in [0.1, 0.15) is 37.8 Å². The van der Waals surface area contributed by atoms with Gasteiger partial charge in [-0.2, -0.15) is 13.2 Å². The zero-order valence-electron chi connectivity index (χ0n) is 12.3. The number of benzene rings is 1. The van der Waals surface area contributed by atoms with Gasteiger partial charge in [0.15, 0.2) is 0 Å². The number of rotatable bonds is 7. The lowest BCUT2D eigenvalue weighted by Crippen LogP contribution is -2.08. The van der Waals surface area contributed by atoms with Crippen LogP contribution in [0.5, 0.6) is 0 Å². The molecular weight excluding hydrogens is 304 g/mol. The molecule has 7 heteroatoms. The normalized spacial score (nSPS) is 14.2. The molecule has 0 saturated heterocycles. The van der Waals surface area contributed by atoms with E-state index in [1.807, 2.05) is 0 Å². The second kappa shape index (κ2) is 7.43. The Morgan fingerprint density at radius 2 is 1.57 bits per heavy atom. The summed E-state index contributed by atoms with van der Waals surface area (Å²) in [5, 5.41) is 0. The van der Waals surface area contributed by atoms with Crippen molar-refractivity contribution < 1.29 is 26.8 Å². The van der Waals surface area contributed by atoms with E-state index in [-0.39, 0.29) is 25.3 Å². The van der Waals surface area contributed by atoms with Gasteiger partial charge in [-0.3, -0.25) is 4.57 Å². The summed E-state index contributed by atoms with van der Waals surface area (Å²) in [4.78, 5) is 0. The minimum atomic E-state index is -4.35. The molecule has 0 aromatic heterocycles. The van der Waals surface area contributed by atoms with Gasteiger partial charge in [-0.15, -0.1) is 0 Å². The zero-order valence-corrected chi connectivity index (χ0v) is 13.2. The number of hydrogen-bond acceptors (Lipinski definition) is 3. The van der Waals surface area contributed by atoms with E-state index in [4.69, 9.17) is 9.05 Å². The van der Waals surface area contributed by atoms with Gasteiger partial charge in [0.05, 0.1) is 24.9 Å². The molecule has 1 atom stereocenters. The van der Waals surface area contributed by atoms with Crippen LogP contribution in [0.15, 0.2) is 24.3 Å².